The molecule has 0 spiro atoms. The van der Waals surface area contributed by atoms with E-state index in [-0.39, 0.29) is 30.0 Å². The number of nitrogens with zero attached hydrogens (tertiary/aromatic N) is 1. The highest BCUT2D eigenvalue weighted by Gasteiger charge is 2.31. The van der Waals surface area contributed by atoms with Crippen LogP contribution in [0.4, 0.5) is 18.0 Å². The van der Waals surface area contributed by atoms with Crippen molar-refractivity contribution in [3.63, 3.8) is 0 Å². The Morgan fingerprint density at radius 1 is 1.07 bits per heavy atom. The van der Waals surface area contributed by atoms with E-state index in [1.807, 2.05) is 0 Å². The number of nitrogens with one attached hydrogen (secondary N) is 2. The number of ether oxygens (including phenoxy) is 2. The van der Waals surface area contributed by atoms with Crippen LogP contribution >= 0.6 is 0 Å². The normalized spacial score (nSPS) is 18.4. The number of aromatic nitrogens is 1. The molecule has 0 bridgehead atoms. The second-order valence-corrected chi connectivity index (χ2v) is 11.5. The maximum absolute atomic E-state index is 15.2. The first-order valence-electron chi connectivity index (χ1n) is 14.0. The minimum Gasteiger partial charge on any atom is -0.497 e. The highest BCUT2D eigenvalue weighted by Crippen LogP contribution is 2.32. The van der Waals surface area contributed by atoms with Gasteiger partial charge >= 0.3 is 6.09 Å². The fraction of sp³-hybridized carbons (Fsp3) is 0.438. The number of methoxy groups -OCH3 is 1. The summed E-state index contributed by atoms with van der Waals surface area (Å²) in [5.41, 5.74) is 0.669. The molecule has 1 aromatic heterocycles. The summed E-state index contributed by atoms with van der Waals surface area (Å²) in [5, 5.41) is 7.14. The van der Waals surface area contributed by atoms with E-state index in [2.05, 4.69) is 15.6 Å². The smallest absolute Gasteiger partial charge is 0.407 e. The van der Waals surface area contributed by atoms with Crippen LogP contribution in [0.25, 0.3) is 17.0 Å². The van der Waals surface area contributed by atoms with Gasteiger partial charge in [-0.3, -0.25) is 4.98 Å². The molecule has 220 valence electrons. The minimum absolute atomic E-state index is 0.103. The molecule has 2 aromatic carbocycles. The van der Waals surface area contributed by atoms with Gasteiger partial charge in [-0.2, -0.15) is 0 Å². The molecule has 4 rings (SSSR count). The van der Waals surface area contributed by atoms with Crippen molar-refractivity contribution in [1.82, 2.24) is 15.6 Å². The van der Waals surface area contributed by atoms with E-state index >= 15 is 4.39 Å². The Kier molecular flexibility index (Phi) is 9.91. The van der Waals surface area contributed by atoms with E-state index in [0.29, 0.717) is 28.8 Å². The number of pyridine rings is 1. The maximum Gasteiger partial charge on any atom is 0.407 e. The van der Waals surface area contributed by atoms with E-state index in [9.17, 15) is 13.6 Å². The van der Waals surface area contributed by atoms with Gasteiger partial charge in [0.1, 0.15) is 28.8 Å². The molecular weight excluding hydrogens is 531 g/mol. The molecular formula is C32H38F3N3O3. The van der Waals surface area contributed by atoms with Crippen LogP contribution < -0.4 is 15.4 Å². The average Bonchev–Trinajstić information content (AvgIpc) is 2.93. The van der Waals surface area contributed by atoms with Gasteiger partial charge in [0.05, 0.1) is 18.8 Å². The van der Waals surface area contributed by atoms with Gasteiger partial charge < -0.3 is 20.1 Å². The Balaban J connectivity index is 1.44. The van der Waals surface area contributed by atoms with Crippen LogP contribution in [0.5, 0.6) is 5.75 Å². The summed E-state index contributed by atoms with van der Waals surface area (Å²) in [6.07, 6.45) is 7.65. The van der Waals surface area contributed by atoms with Crippen molar-refractivity contribution in [2.45, 2.75) is 70.6 Å². The van der Waals surface area contributed by atoms with Crippen LogP contribution in [0.1, 0.15) is 57.6 Å². The number of benzene rings is 2. The molecule has 41 heavy (non-hydrogen) atoms. The summed E-state index contributed by atoms with van der Waals surface area (Å²) in [6.45, 7) is 5.93. The van der Waals surface area contributed by atoms with Gasteiger partial charge in [0, 0.05) is 35.1 Å². The van der Waals surface area contributed by atoms with E-state index in [4.69, 9.17) is 9.47 Å². The van der Waals surface area contributed by atoms with Crippen molar-refractivity contribution in [2.75, 3.05) is 13.7 Å². The highest BCUT2D eigenvalue weighted by atomic mass is 19.1. The lowest BCUT2D eigenvalue weighted by atomic mass is 9.79. The van der Waals surface area contributed by atoms with Gasteiger partial charge in [-0.15, -0.1) is 0 Å². The molecule has 0 radical (unpaired) electrons. The van der Waals surface area contributed by atoms with E-state index in [0.717, 1.165) is 37.8 Å². The van der Waals surface area contributed by atoms with E-state index in [1.165, 1.54) is 12.3 Å². The van der Waals surface area contributed by atoms with Gasteiger partial charge in [0.2, 0.25) is 0 Å². The quantitative estimate of drug-likeness (QED) is 0.292. The van der Waals surface area contributed by atoms with Gasteiger partial charge in [0.15, 0.2) is 0 Å². The zero-order valence-corrected chi connectivity index (χ0v) is 24.0. The minimum atomic E-state index is -0.667. The molecule has 0 saturated heterocycles. The molecule has 1 unspecified atom stereocenters. The SMILES string of the molecule is COc1ccc2ncc(F)c(CC(NC(=O)OC(C)(C)C)[C@H]3CC[C@H](NC/C=C/c4cc(F)ccc4F)CC3)c2c1. The fourth-order valence-corrected chi connectivity index (χ4v) is 5.34. The first-order chi connectivity index (χ1) is 19.5. The Labute approximate surface area is 239 Å². The molecule has 1 amide bonds. The molecule has 1 aliphatic rings. The Hall–Kier alpha value is -3.59. The predicted octanol–water partition coefficient (Wildman–Crippen LogP) is 6.96. The fourth-order valence-electron chi connectivity index (χ4n) is 5.34. The molecule has 2 N–H and O–H groups in total. The summed E-state index contributed by atoms with van der Waals surface area (Å²) in [5.74, 6) is -0.679. The van der Waals surface area contributed by atoms with Gasteiger partial charge in [-0.1, -0.05) is 12.2 Å². The third-order valence-corrected chi connectivity index (χ3v) is 7.38. The average molecular weight is 570 g/mol. The number of rotatable bonds is 9. The van der Waals surface area contributed by atoms with Crippen LogP contribution in [0.15, 0.2) is 48.7 Å². The number of halogens is 3. The number of hydrogen-bond donors (Lipinski definition) is 2. The summed E-state index contributed by atoms with van der Waals surface area (Å²) < 4.78 is 53.3. The van der Waals surface area contributed by atoms with Gasteiger partial charge in [-0.05, 0) is 95.2 Å². The maximum atomic E-state index is 15.2. The van der Waals surface area contributed by atoms with Crippen molar-refractivity contribution in [2.24, 2.45) is 5.92 Å². The zero-order valence-electron chi connectivity index (χ0n) is 24.0. The van der Waals surface area contributed by atoms with Crippen LogP contribution in [0, 0.1) is 23.4 Å². The third kappa shape index (κ3) is 8.45. The van der Waals surface area contributed by atoms with Crippen molar-refractivity contribution < 1.29 is 27.4 Å². The lowest BCUT2D eigenvalue weighted by Crippen LogP contribution is -2.46. The molecule has 3 aromatic rings. The van der Waals surface area contributed by atoms with Gasteiger partial charge in [-0.25, -0.2) is 18.0 Å². The first kappa shape index (κ1) is 30.4. The number of fused-ring (bicyclic) bond motifs is 1. The molecule has 1 aliphatic carbocycles. The van der Waals surface area contributed by atoms with Crippen LogP contribution in [-0.4, -0.2) is 42.4 Å². The molecule has 6 nitrogen and oxygen atoms in total. The van der Waals surface area contributed by atoms with E-state index < -0.39 is 29.1 Å². The van der Waals surface area contributed by atoms with Gasteiger partial charge in [0.25, 0.3) is 0 Å². The summed E-state index contributed by atoms with van der Waals surface area (Å²) in [4.78, 5) is 17.0. The topological polar surface area (TPSA) is 72.5 Å². The molecule has 9 heteroatoms. The second-order valence-electron chi connectivity index (χ2n) is 11.5. The van der Waals surface area contributed by atoms with Crippen molar-refractivity contribution >= 4 is 23.1 Å². The number of carbonyl (C=O) groups is 1. The Bertz CT molecular complexity index is 1380. The second kappa shape index (κ2) is 13.4. The summed E-state index contributed by atoms with van der Waals surface area (Å²) >= 11 is 0. The van der Waals surface area contributed by atoms with Crippen LogP contribution in [0.3, 0.4) is 0 Å². The van der Waals surface area contributed by atoms with Crippen molar-refractivity contribution in [3.05, 3.63) is 77.2 Å². The summed E-state index contributed by atoms with van der Waals surface area (Å²) in [6, 6.07) is 8.60. The molecule has 1 saturated carbocycles. The monoisotopic (exact) mass is 569 g/mol. The molecule has 1 atom stereocenters. The van der Waals surface area contributed by atoms with Crippen molar-refractivity contribution in [3.8, 4) is 5.75 Å². The number of hydrogen-bond acceptors (Lipinski definition) is 5. The van der Waals surface area contributed by atoms with Crippen LogP contribution in [-0.2, 0) is 11.2 Å². The predicted molar refractivity (Wildman–Crippen MR) is 154 cm³/mol. The third-order valence-electron chi connectivity index (χ3n) is 7.38. The summed E-state index contributed by atoms with van der Waals surface area (Å²) in [7, 11) is 1.56. The first-order valence-corrected chi connectivity index (χ1v) is 14.0. The lowest BCUT2D eigenvalue weighted by molar-refractivity contribution is 0.0474. The molecule has 1 heterocycles. The van der Waals surface area contributed by atoms with E-state index in [1.54, 1.807) is 58.2 Å². The van der Waals surface area contributed by atoms with Crippen molar-refractivity contribution in [1.29, 1.82) is 0 Å². The molecule has 1 fully saturated rings. The Morgan fingerprint density at radius 3 is 2.54 bits per heavy atom. The number of carbonyl (C=O) groups excluding carboxylic acids is 1. The number of alkyl carbamates (subject to hydrolysis) is 1. The largest absolute Gasteiger partial charge is 0.497 e. The molecule has 0 aliphatic heterocycles. The lowest BCUT2D eigenvalue weighted by Gasteiger charge is -2.35. The zero-order chi connectivity index (χ0) is 29.6. The Morgan fingerprint density at radius 2 is 1.83 bits per heavy atom. The van der Waals surface area contributed by atoms with Crippen LogP contribution in [0.2, 0.25) is 0 Å². The standard InChI is InChI=1S/C32H38F3N3O3/c1-32(2,3)41-31(39)38-30(18-25-26-17-24(40-4)12-14-29(26)37-19-28(25)35)20-7-10-23(11-8-20)36-15-5-6-21-16-22(33)9-13-27(21)34/h5-6,9,12-14,16-17,19-20,23,30,36H,7-8,10-11,15,18H2,1-4H3,(H,38,39)/b6-5+/t20-,23-,30?. The number of amides is 1. The highest BCUT2D eigenvalue weighted by molar-refractivity contribution is 5.84.